The number of carbonyl (C=O) groups is 1. The summed E-state index contributed by atoms with van der Waals surface area (Å²) in [5.41, 5.74) is 1.57. The lowest BCUT2D eigenvalue weighted by Crippen LogP contribution is -2.46. The zero-order valence-corrected chi connectivity index (χ0v) is 13.0. The minimum absolute atomic E-state index is 0.489. The summed E-state index contributed by atoms with van der Waals surface area (Å²) in [6, 6.07) is 7.88. The van der Waals surface area contributed by atoms with Crippen LogP contribution >= 0.6 is 11.6 Å². The number of halogens is 1. The molecular formula is C16H21ClN2O2. The molecule has 21 heavy (non-hydrogen) atoms. The largest absolute Gasteiger partial charge is 0.478 e. The lowest BCUT2D eigenvalue weighted by Gasteiger charge is -2.36. The van der Waals surface area contributed by atoms with E-state index in [1.807, 2.05) is 37.3 Å². The second-order valence-electron chi connectivity index (χ2n) is 5.13. The van der Waals surface area contributed by atoms with Crippen molar-refractivity contribution in [2.24, 2.45) is 0 Å². The van der Waals surface area contributed by atoms with E-state index < -0.39 is 5.97 Å². The van der Waals surface area contributed by atoms with Crippen molar-refractivity contribution in [2.75, 3.05) is 37.6 Å². The van der Waals surface area contributed by atoms with Gasteiger partial charge < -0.3 is 10.0 Å². The highest BCUT2D eigenvalue weighted by Gasteiger charge is 2.18. The van der Waals surface area contributed by atoms with Crippen molar-refractivity contribution in [2.45, 2.75) is 13.3 Å². The van der Waals surface area contributed by atoms with Gasteiger partial charge in [0.05, 0.1) is 10.7 Å². The second-order valence-corrected chi connectivity index (χ2v) is 5.53. The number of piperazine rings is 1. The number of hydrogen-bond donors (Lipinski definition) is 1. The van der Waals surface area contributed by atoms with Gasteiger partial charge in [0.1, 0.15) is 0 Å². The fourth-order valence-electron chi connectivity index (χ4n) is 2.50. The van der Waals surface area contributed by atoms with Crippen LogP contribution in [0.1, 0.15) is 13.3 Å². The normalized spacial score (nSPS) is 17.0. The molecule has 1 heterocycles. The van der Waals surface area contributed by atoms with Gasteiger partial charge in [-0.2, -0.15) is 0 Å². The minimum atomic E-state index is -0.813. The Morgan fingerprint density at radius 2 is 1.95 bits per heavy atom. The van der Waals surface area contributed by atoms with Gasteiger partial charge in [0.25, 0.3) is 0 Å². The van der Waals surface area contributed by atoms with E-state index in [9.17, 15) is 4.79 Å². The SMILES string of the molecule is CCC(=CCN1CCN(c2ccccc2Cl)CC1)C(=O)O. The smallest absolute Gasteiger partial charge is 0.331 e. The molecule has 1 aromatic carbocycles. The number of carboxylic acids is 1. The number of para-hydroxylation sites is 1. The zero-order valence-electron chi connectivity index (χ0n) is 12.3. The Morgan fingerprint density at radius 1 is 1.29 bits per heavy atom. The third-order valence-corrected chi connectivity index (χ3v) is 4.14. The number of carboxylic acid groups (broad SMARTS) is 1. The van der Waals surface area contributed by atoms with Crippen LogP contribution in [0.25, 0.3) is 0 Å². The summed E-state index contributed by atoms with van der Waals surface area (Å²) in [5, 5.41) is 9.80. The van der Waals surface area contributed by atoms with Gasteiger partial charge in [0.2, 0.25) is 0 Å². The zero-order chi connectivity index (χ0) is 15.2. The topological polar surface area (TPSA) is 43.8 Å². The van der Waals surface area contributed by atoms with Crippen molar-refractivity contribution < 1.29 is 9.90 Å². The summed E-state index contributed by atoms with van der Waals surface area (Å²) in [5.74, 6) is -0.813. The maximum absolute atomic E-state index is 11.0. The van der Waals surface area contributed by atoms with Gasteiger partial charge in [0.15, 0.2) is 0 Å². The number of anilines is 1. The van der Waals surface area contributed by atoms with Crippen LogP contribution in [0.15, 0.2) is 35.9 Å². The van der Waals surface area contributed by atoms with Crippen LogP contribution in [0.2, 0.25) is 5.02 Å². The Bertz CT molecular complexity index is 523. The van der Waals surface area contributed by atoms with Crippen LogP contribution < -0.4 is 4.90 Å². The number of aliphatic carboxylic acids is 1. The molecule has 0 amide bonds. The van der Waals surface area contributed by atoms with E-state index in [1.165, 1.54) is 0 Å². The standard InChI is InChI=1S/C16H21ClN2O2/c1-2-13(16(20)21)7-8-18-9-11-19(12-10-18)15-6-4-3-5-14(15)17/h3-7H,2,8-12H2,1H3,(H,20,21). The number of rotatable bonds is 5. The van der Waals surface area contributed by atoms with Gasteiger partial charge in [-0.3, -0.25) is 4.90 Å². The van der Waals surface area contributed by atoms with E-state index in [1.54, 1.807) is 0 Å². The lowest BCUT2D eigenvalue weighted by molar-refractivity contribution is -0.132. The van der Waals surface area contributed by atoms with E-state index in [0.717, 1.165) is 36.9 Å². The monoisotopic (exact) mass is 308 g/mol. The van der Waals surface area contributed by atoms with Crippen molar-refractivity contribution in [3.63, 3.8) is 0 Å². The molecule has 0 aliphatic carbocycles. The maximum Gasteiger partial charge on any atom is 0.331 e. The quantitative estimate of drug-likeness (QED) is 0.850. The Hall–Kier alpha value is -1.52. The van der Waals surface area contributed by atoms with Crippen LogP contribution in [0.3, 0.4) is 0 Å². The molecule has 5 heteroatoms. The molecule has 2 rings (SSSR count). The maximum atomic E-state index is 11.0. The summed E-state index contributed by atoms with van der Waals surface area (Å²) in [7, 11) is 0. The van der Waals surface area contributed by atoms with Gasteiger partial charge in [0, 0.05) is 38.3 Å². The molecule has 0 atom stereocenters. The fourth-order valence-corrected chi connectivity index (χ4v) is 2.76. The molecule has 4 nitrogen and oxygen atoms in total. The number of benzene rings is 1. The van der Waals surface area contributed by atoms with Crippen LogP contribution in [0.4, 0.5) is 5.69 Å². The molecular weight excluding hydrogens is 288 g/mol. The number of nitrogens with zero attached hydrogens (tertiary/aromatic N) is 2. The van der Waals surface area contributed by atoms with Crippen molar-refractivity contribution in [1.82, 2.24) is 4.90 Å². The van der Waals surface area contributed by atoms with Crippen molar-refractivity contribution in [1.29, 1.82) is 0 Å². The fraction of sp³-hybridized carbons (Fsp3) is 0.438. The first kappa shape index (κ1) is 15.9. The molecule has 114 valence electrons. The molecule has 1 aliphatic rings. The predicted octanol–water partition coefficient (Wildman–Crippen LogP) is 2.88. The highest BCUT2D eigenvalue weighted by atomic mass is 35.5. The van der Waals surface area contributed by atoms with Crippen LogP contribution in [-0.4, -0.2) is 48.7 Å². The molecule has 1 N–H and O–H groups in total. The molecule has 0 spiro atoms. The molecule has 0 radical (unpaired) electrons. The average molecular weight is 309 g/mol. The minimum Gasteiger partial charge on any atom is -0.478 e. The van der Waals surface area contributed by atoms with E-state index in [0.29, 0.717) is 18.5 Å². The van der Waals surface area contributed by atoms with Crippen LogP contribution in [-0.2, 0) is 4.79 Å². The second kappa shape index (κ2) is 7.48. The third kappa shape index (κ3) is 4.22. The van der Waals surface area contributed by atoms with Crippen molar-refractivity contribution >= 4 is 23.3 Å². The molecule has 0 bridgehead atoms. The molecule has 0 unspecified atom stereocenters. The predicted molar refractivity (Wildman–Crippen MR) is 86.1 cm³/mol. The van der Waals surface area contributed by atoms with Crippen LogP contribution in [0.5, 0.6) is 0 Å². The summed E-state index contributed by atoms with van der Waals surface area (Å²) in [6.45, 7) is 6.22. The lowest BCUT2D eigenvalue weighted by atomic mass is 10.2. The van der Waals surface area contributed by atoms with Gasteiger partial charge in [-0.25, -0.2) is 4.79 Å². The summed E-state index contributed by atoms with van der Waals surface area (Å²) in [6.07, 6.45) is 2.39. The van der Waals surface area contributed by atoms with Gasteiger partial charge in [-0.15, -0.1) is 0 Å². The Kier molecular flexibility index (Phi) is 5.65. The molecule has 1 aliphatic heterocycles. The van der Waals surface area contributed by atoms with Gasteiger partial charge in [-0.1, -0.05) is 36.7 Å². The molecule has 1 saturated heterocycles. The molecule has 1 aromatic rings. The average Bonchev–Trinajstić information content (AvgIpc) is 2.49. The summed E-state index contributed by atoms with van der Waals surface area (Å²) < 4.78 is 0. The van der Waals surface area contributed by atoms with E-state index in [4.69, 9.17) is 16.7 Å². The highest BCUT2D eigenvalue weighted by Crippen LogP contribution is 2.25. The van der Waals surface area contributed by atoms with Crippen molar-refractivity contribution in [3.05, 3.63) is 40.9 Å². The first-order valence-corrected chi connectivity index (χ1v) is 7.63. The summed E-state index contributed by atoms with van der Waals surface area (Å²) >= 11 is 6.22. The van der Waals surface area contributed by atoms with Crippen molar-refractivity contribution in [3.8, 4) is 0 Å². The van der Waals surface area contributed by atoms with E-state index >= 15 is 0 Å². The molecule has 0 saturated carbocycles. The molecule has 0 aromatic heterocycles. The first-order valence-electron chi connectivity index (χ1n) is 7.26. The Morgan fingerprint density at radius 3 is 2.52 bits per heavy atom. The van der Waals surface area contributed by atoms with Gasteiger partial charge >= 0.3 is 5.97 Å². The molecule has 1 fully saturated rings. The van der Waals surface area contributed by atoms with Gasteiger partial charge in [-0.05, 0) is 18.6 Å². The highest BCUT2D eigenvalue weighted by molar-refractivity contribution is 6.33. The summed E-state index contributed by atoms with van der Waals surface area (Å²) in [4.78, 5) is 15.5. The Labute approximate surface area is 130 Å². The Balaban J connectivity index is 1.89. The van der Waals surface area contributed by atoms with Crippen LogP contribution in [0, 0.1) is 0 Å². The third-order valence-electron chi connectivity index (χ3n) is 3.82. The number of hydrogen-bond acceptors (Lipinski definition) is 3. The first-order chi connectivity index (χ1) is 10.1. The van der Waals surface area contributed by atoms with E-state index in [2.05, 4.69) is 9.80 Å². The van der Waals surface area contributed by atoms with E-state index in [-0.39, 0.29) is 0 Å².